The van der Waals surface area contributed by atoms with Crippen LogP contribution in [0, 0.1) is 0 Å². The van der Waals surface area contributed by atoms with E-state index in [1.165, 1.54) is 10.7 Å². The Morgan fingerprint density at radius 3 is 2.60 bits per heavy atom. The first-order valence-electron chi connectivity index (χ1n) is 6.97. The van der Waals surface area contributed by atoms with Gasteiger partial charge in [-0.25, -0.2) is 4.68 Å². The lowest BCUT2D eigenvalue weighted by atomic mass is 10.3. The molecule has 0 saturated heterocycles. The van der Waals surface area contributed by atoms with Crippen molar-refractivity contribution in [1.29, 1.82) is 0 Å². The second kappa shape index (κ2) is 6.89. The molecule has 3 rings (SSSR count). The number of hydrogen-bond acceptors (Lipinski definition) is 4. The van der Waals surface area contributed by atoms with Crippen molar-refractivity contribution >= 4 is 28.9 Å². The zero-order valence-corrected chi connectivity index (χ0v) is 13.9. The number of halogens is 5. The van der Waals surface area contributed by atoms with Crippen LogP contribution in [0.15, 0.2) is 42.7 Å². The fourth-order valence-electron chi connectivity index (χ4n) is 2.02. The van der Waals surface area contributed by atoms with E-state index in [9.17, 15) is 13.2 Å². The van der Waals surface area contributed by atoms with Crippen molar-refractivity contribution < 1.29 is 13.2 Å². The summed E-state index contributed by atoms with van der Waals surface area (Å²) in [6.07, 6.45) is -1.76. The highest BCUT2D eigenvalue weighted by Crippen LogP contribution is 2.29. The van der Waals surface area contributed by atoms with Gasteiger partial charge in [-0.05, 0) is 30.3 Å². The lowest BCUT2D eigenvalue weighted by molar-refractivity contribution is -0.141. The summed E-state index contributed by atoms with van der Waals surface area (Å²) in [5, 5.41) is 11.6. The maximum atomic E-state index is 12.6. The van der Waals surface area contributed by atoms with E-state index in [4.69, 9.17) is 23.2 Å². The van der Waals surface area contributed by atoms with Crippen molar-refractivity contribution in [2.24, 2.45) is 0 Å². The molecular formula is C15H10Cl2F3N5. The van der Waals surface area contributed by atoms with Crippen molar-refractivity contribution in [2.45, 2.75) is 12.7 Å². The number of hydrogen-bond donors (Lipinski definition) is 1. The number of anilines is 1. The lowest BCUT2D eigenvalue weighted by Gasteiger charge is -2.08. The zero-order valence-electron chi connectivity index (χ0n) is 12.4. The topological polar surface area (TPSA) is 55.6 Å². The van der Waals surface area contributed by atoms with Gasteiger partial charge in [0.25, 0.3) is 0 Å². The van der Waals surface area contributed by atoms with Gasteiger partial charge in [0.05, 0.1) is 28.5 Å². The molecule has 0 aliphatic carbocycles. The van der Waals surface area contributed by atoms with Crippen LogP contribution in [0.3, 0.4) is 0 Å². The maximum absolute atomic E-state index is 12.6. The minimum atomic E-state index is -4.49. The predicted molar refractivity (Wildman–Crippen MR) is 87.9 cm³/mol. The fraction of sp³-hybridized carbons (Fsp3) is 0.133. The molecule has 0 fully saturated rings. The van der Waals surface area contributed by atoms with E-state index in [2.05, 4.69) is 20.6 Å². The predicted octanol–water partition coefficient (Wildman–Crippen LogP) is 4.60. The Hall–Kier alpha value is -2.32. The molecule has 0 unspecified atom stereocenters. The van der Waals surface area contributed by atoms with Gasteiger partial charge in [-0.2, -0.15) is 13.2 Å². The Bertz CT molecular complexity index is 895. The number of benzene rings is 1. The summed E-state index contributed by atoms with van der Waals surface area (Å²) in [6.45, 7) is 0.197. The van der Waals surface area contributed by atoms with Gasteiger partial charge in [0.2, 0.25) is 0 Å². The highest BCUT2D eigenvalue weighted by atomic mass is 35.5. The Kier molecular flexibility index (Phi) is 4.82. The van der Waals surface area contributed by atoms with Crippen LogP contribution in [0.1, 0.15) is 11.4 Å². The van der Waals surface area contributed by atoms with Gasteiger partial charge in [-0.15, -0.1) is 5.10 Å². The van der Waals surface area contributed by atoms with Gasteiger partial charge in [0.1, 0.15) is 11.4 Å². The van der Waals surface area contributed by atoms with Gasteiger partial charge in [0, 0.05) is 11.9 Å². The van der Waals surface area contributed by atoms with E-state index in [0.717, 1.165) is 12.3 Å². The quantitative estimate of drug-likeness (QED) is 0.710. The van der Waals surface area contributed by atoms with Crippen LogP contribution in [0.5, 0.6) is 0 Å². The van der Waals surface area contributed by atoms with Crippen LogP contribution in [-0.2, 0) is 12.7 Å². The SMILES string of the molecule is FC(F)(F)c1cc(NCc2cn(-c3ccc(Cl)c(Cl)c3)nn2)ccn1. The molecule has 0 aliphatic heterocycles. The average molecular weight is 388 g/mol. The van der Waals surface area contributed by atoms with Gasteiger partial charge >= 0.3 is 6.18 Å². The van der Waals surface area contributed by atoms with Gasteiger partial charge < -0.3 is 5.32 Å². The van der Waals surface area contributed by atoms with E-state index in [1.54, 1.807) is 24.4 Å². The summed E-state index contributed by atoms with van der Waals surface area (Å²) in [4.78, 5) is 3.30. The van der Waals surface area contributed by atoms with E-state index in [-0.39, 0.29) is 12.2 Å². The molecule has 5 nitrogen and oxygen atoms in total. The number of rotatable bonds is 4. The molecule has 0 spiro atoms. The number of nitrogens with one attached hydrogen (secondary N) is 1. The molecule has 1 aromatic carbocycles. The standard InChI is InChI=1S/C15H10Cl2F3N5/c16-12-2-1-11(6-13(12)17)25-8-10(23-24-25)7-22-9-3-4-21-14(5-9)15(18,19)20/h1-6,8H,7H2,(H,21,22). The number of aromatic nitrogens is 4. The third-order valence-electron chi connectivity index (χ3n) is 3.23. The van der Waals surface area contributed by atoms with Crippen molar-refractivity contribution in [3.05, 3.63) is 64.2 Å². The summed E-state index contributed by atoms with van der Waals surface area (Å²) < 4.78 is 39.4. The third-order valence-corrected chi connectivity index (χ3v) is 3.97. The smallest absolute Gasteiger partial charge is 0.379 e. The summed E-state index contributed by atoms with van der Waals surface area (Å²) in [5.41, 5.74) is 0.524. The Morgan fingerprint density at radius 2 is 1.88 bits per heavy atom. The van der Waals surface area contributed by atoms with Crippen LogP contribution < -0.4 is 5.32 Å². The summed E-state index contributed by atoms with van der Waals surface area (Å²) >= 11 is 11.8. The normalized spacial score (nSPS) is 11.6. The summed E-state index contributed by atoms with van der Waals surface area (Å²) in [6, 6.07) is 7.36. The minimum absolute atomic E-state index is 0.197. The van der Waals surface area contributed by atoms with E-state index < -0.39 is 11.9 Å². The number of nitrogens with zero attached hydrogens (tertiary/aromatic N) is 4. The second-order valence-electron chi connectivity index (χ2n) is 5.03. The summed E-state index contributed by atoms with van der Waals surface area (Å²) in [5.74, 6) is 0. The highest BCUT2D eigenvalue weighted by Gasteiger charge is 2.32. The first-order valence-corrected chi connectivity index (χ1v) is 7.72. The number of alkyl halides is 3. The average Bonchev–Trinajstić information content (AvgIpc) is 3.04. The van der Waals surface area contributed by atoms with Crippen LogP contribution in [0.25, 0.3) is 5.69 Å². The molecule has 130 valence electrons. The maximum Gasteiger partial charge on any atom is 0.433 e. The van der Waals surface area contributed by atoms with Crippen LogP contribution in [0.4, 0.5) is 18.9 Å². The first-order chi connectivity index (χ1) is 11.8. The molecule has 2 heterocycles. The lowest BCUT2D eigenvalue weighted by Crippen LogP contribution is -2.09. The van der Waals surface area contributed by atoms with Gasteiger partial charge in [-0.3, -0.25) is 4.98 Å². The fourth-order valence-corrected chi connectivity index (χ4v) is 2.31. The largest absolute Gasteiger partial charge is 0.433 e. The van der Waals surface area contributed by atoms with Crippen molar-refractivity contribution in [1.82, 2.24) is 20.0 Å². The molecule has 0 aliphatic rings. The Balaban J connectivity index is 1.71. The van der Waals surface area contributed by atoms with E-state index in [0.29, 0.717) is 21.4 Å². The second-order valence-corrected chi connectivity index (χ2v) is 5.85. The monoisotopic (exact) mass is 387 g/mol. The first kappa shape index (κ1) is 17.5. The molecule has 0 radical (unpaired) electrons. The van der Waals surface area contributed by atoms with Crippen molar-refractivity contribution in [3.8, 4) is 5.69 Å². The molecular weight excluding hydrogens is 378 g/mol. The van der Waals surface area contributed by atoms with E-state index >= 15 is 0 Å². The summed E-state index contributed by atoms with van der Waals surface area (Å²) in [7, 11) is 0. The Labute approximate surface area is 150 Å². The number of pyridine rings is 1. The third kappa shape index (κ3) is 4.21. The van der Waals surface area contributed by atoms with E-state index in [1.807, 2.05) is 0 Å². The van der Waals surface area contributed by atoms with Crippen molar-refractivity contribution in [3.63, 3.8) is 0 Å². The van der Waals surface area contributed by atoms with Gasteiger partial charge in [-0.1, -0.05) is 28.4 Å². The van der Waals surface area contributed by atoms with Gasteiger partial charge in [0.15, 0.2) is 0 Å². The van der Waals surface area contributed by atoms with Crippen molar-refractivity contribution in [2.75, 3.05) is 5.32 Å². The highest BCUT2D eigenvalue weighted by molar-refractivity contribution is 6.42. The molecule has 25 heavy (non-hydrogen) atoms. The molecule has 0 bridgehead atoms. The molecule has 0 atom stereocenters. The molecule has 0 saturated carbocycles. The Morgan fingerprint density at radius 1 is 1.08 bits per heavy atom. The van der Waals surface area contributed by atoms with Crippen LogP contribution in [-0.4, -0.2) is 20.0 Å². The molecule has 1 N–H and O–H groups in total. The minimum Gasteiger partial charge on any atom is -0.379 e. The van der Waals surface area contributed by atoms with Crippen LogP contribution >= 0.6 is 23.2 Å². The molecule has 0 amide bonds. The zero-order chi connectivity index (χ0) is 18.0. The van der Waals surface area contributed by atoms with Crippen LogP contribution in [0.2, 0.25) is 10.0 Å². The molecule has 10 heteroatoms. The molecule has 2 aromatic heterocycles. The molecule has 3 aromatic rings.